The zero-order valence-corrected chi connectivity index (χ0v) is 9.23. The number of thiazole rings is 1. The number of hydrogen-bond donors (Lipinski definition) is 0. The summed E-state index contributed by atoms with van der Waals surface area (Å²) in [4.78, 5) is 15.1. The van der Waals surface area contributed by atoms with E-state index in [1.165, 1.54) is 30.6 Å². The number of ether oxygens (including phenoxy) is 1. The molecule has 0 fully saturated rings. The average Bonchev–Trinajstić information content (AvgIpc) is 2.77. The number of nitro groups is 1. The van der Waals surface area contributed by atoms with Gasteiger partial charge in [0.15, 0.2) is 0 Å². The Kier molecular flexibility index (Phi) is 2.82. The first-order valence-electron chi connectivity index (χ1n) is 4.45. The summed E-state index contributed by atoms with van der Waals surface area (Å²) in [6.45, 7) is 0. The van der Waals surface area contributed by atoms with E-state index in [1.54, 1.807) is 18.3 Å². The van der Waals surface area contributed by atoms with Crippen LogP contribution in [0.1, 0.15) is 0 Å². The molecule has 1 aromatic heterocycles. The molecule has 16 heavy (non-hydrogen) atoms. The predicted molar refractivity (Wildman–Crippen MR) is 60.8 cm³/mol. The summed E-state index contributed by atoms with van der Waals surface area (Å²) < 4.78 is 4.97. The Morgan fingerprint density at radius 3 is 2.94 bits per heavy atom. The molecular weight excluding hydrogens is 228 g/mol. The van der Waals surface area contributed by atoms with Crippen molar-refractivity contribution >= 4 is 17.0 Å². The minimum absolute atomic E-state index is 0.0740. The summed E-state index contributed by atoms with van der Waals surface area (Å²) >= 11 is 1.35. The molecule has 5 nitrogen and oxygen atoms in total. The Hall–Kier alpha value is -1.95. The topological polar surface area (TPSA) is 65.3 Å². The van der Waals surface area contributed by atoms with E-state index in [0.717, 1.165) is 10.4 Å². The van der Waals surface area contributed by atoms with Crippen LogP contribution in [0.2, 0.25) is 0 Å². The van der Waals surface area contributed by atoms with Gasteiger partial charge >= 0.3 is 0 Å². The molecule has 2 aromatic rings. The Bertz CT molecular complexity index is 524. The van der Waals surface area contributed by atoms with E-state index in [2.05, 4.69) is 4.98 Å². The Morgan fingerprint density at radius 2 is 2.31 bits per heavy atom. The number of methoxy groups -OCH3 is 1. The van der Waals surface area contributed by atoms with Crippen molar-refractivity contribution in [1.29, 1.82) is 0 Å². The molecule has 2 rings (SSSR count). The van der Waals surface area contributed by atoms with Gasteiger partial charge in [0, 0.05) is 23.9 Å². The minimum atomic E-state index is -0.415. The van der Waals surface area contributed by atoms with Gasteiger partial charge in [-0.15, -0.1) is 0 Å². The van der Waals surface area contributed by atoms with Gasteiger partial charge in [-0.3, -0.25) is 10.1 Å². The number of non-ortho nitro benzene ring substituents is 1. The van der Waals surface area contributed by atoms with E-state index in [9.17, 15) is 10.1 Å². The van der Waals surface area contributed by atoms with Gasteiger partial charge in [-0.25, -0.2) is 4.98 Å². The van der Waals surface area contributed by atoms with Crippen LogP contribution in [0.5, 0.6) is 5.19 Å². The molecule has 0 aliphatic carbocycles. The van der Waals surface area contributed by atoms with Crippen LogP contribution in [-0.2, 0) is 0 Å². The largest absolute Gasteiger partial charge is 0.473 e. The standard InChI is InChI=1S/C10H8N2O3S/c1-15-10-11-6-9(16-10)7-3-2-4-8(5-7)12(13)14/h2-6H,1H3. The number of rotatable bonds is 3. The summed E-state index contributed by atoms with van der Waals surface area (Å²) in [6.07, 6.45) is 1.64. The van der Waals surface area contributed by atoms with E-state index >= 15 is 0 Å². The van der Waals surface area contributed by atoms with Crippen LogP contribution in [0.3, 0.4) is 0 Å². The predicted octanol–water partition coefficient (Wildman–Crippen LogP) is 2.73. The van der Waals surface area contributed by atoms with E-state index < -0.39 is 4.92 Å². The second-order valence-corrected chi connectivity index (χ2v) is 4.00. The van der Waals surface area contributed by atoms with Crippen LogP contribution >= 0.6 is 11.3 Å². The fourth-order valence-electron chi connectivity index (χ4n) is 1.26. The molecule has 0 aliphatic heterocycles. The monoisotopic (exact) mass is 236 g/mol. The molecule has 0 amide bonds. The Morgan fingerprint density at radius 1 is 1.50 bits per heavy atom. The highest BCUT2D eigenvalue weighted by Crippen LogP contribution is 2.31. The number of aromatic nitrogens is 1. The lowest BCUT2D eigenvalue weighted by atomic mass is 10.2. The molecule has 0 unspecified atom stereocenters. The third-order valence-electron chi connectivity index (χ3n) is 2.00. The van der Waals surface area contributed by atoms with Gasteiger partial charge in [-0.1, -0.05) is 23.5 Å². The molecule has 0 N–H and O–H groups in total. The molecule has 0 bridgehead atoms. The van der Waals surface area contributed by atoms with Crippen LogP contribution in [-0.4, -0.2) is 17.0 Å². The maximum Gasteiger partial charge on any atom is 0.273 e. The lowest BCUT2D eigenvalue weighted by Gasteiger charge is -1.96. The van der Waals surface area contributed by atoms with E-state index in [0.29, 0.717) is 5.19 Å². The first-order chi connectivity index (χ1) is 7.70. The van der Waals surface area contributed by atoms with Gasteiger partial charge in [0.25, 0.3) is 10.9 Å². The van der Waals surface area contributed by atoms with Crippen molar-refractivity contribution in [3.8, 4) is 15.6 Å². The quantitative estimate of drug-likeness (QED) is 0.607. The first kappa shape index (κ1) is 10.6. The summed E-state index contributed by atoms with van der Waals surface area (Å²) in [7, 11) is 1.54. The highest BCUT2D eigenvalue weighted by molar-refractivity contribution is 7.16. The van der Waals surface area contributed by atoms with Crippen LogP contribution in [0.4, 0.5) is 5.69 Å². The number of benzene rings is 1. The molecule has 1 heterocycles. The maximum absolute atomic E-state index is 10.6. The maximum atomic E-state index is 10.6. The van der Waals surface area contributed by atoms with Gasteiger partial charge in [-0.05, 0) is 0 Å². The second-order valence-electron chi connectivity index (χ2n) is 3.00. The summed E-state index contributed by atoms with van der Waals surface area (Å²) in [5.74, 6) is 0. The molecule has 6 heteroatoms. The second kappa shape index (κ2) is 4.28. The molecule has 0 radical (unpaired) electrons. The fourth-order valence-corrected chi connectivity index (χ4v) is 1.99. The summed E-state index contributed by atoms with van der Waals surface area (Å²) in [6, 6.07) is 6.44. The van der Waals surface area contributed by atoms with E-state index in [1.807, 2.05) is 0 Å². The van der Waals surface area contributed by atoms with Gasteiger partial charge in [0.2, 0.25) is 0 Å². The molecule has 82 valence electrons. The molecule has 0 aliphatic rings. The molecular formula is C10H8N2O3S. The lowest BCUT2D eigenvalue weighted by molar-refractivity contribution is -0.384. The lowest BCUT2D eigenvalue weighted by Crippen LogP contribution is -1.87. The average molecular weight is 236 g/mol. The third-order valence-corrected chi connectivity index (χ3v) is 3.01. The smallest absolute Gasteiger partial charge is 0.273 e. The van der Waals surface area contributed by atoms with Crippen LogP contribution in [0.15, 0.2) is 30.5 Å². The molecule has 0 saturated heterocycles. The summed E-state index contributed by atoms with van der Waals surface area (Å²) in [5, 5.41) is 11.2. The highest BCUT2D eigenvalue weighted by Gasteiger charge is 2.09. The molecule has 1 aromatic carbocycles. The fraction of sp³-hybridized carbons (Fsp3) is 0.100. The Balaban J connectivity index is 2.40. The number of nitrogens with zero attached hydrogens (tertiary/aromatic N) is 2. The van der Waals surface area contributed by atoms with Crippen molar-refractivity contribution in [1.82, 2.24) is 4.98 Å². The van der Waals surface area contributed by atoms with E-state index in [4.69, 9.17) is 4.74 Å². The van der Waals surface area contributed by atoms with Crippen molar-refractivity contribution in [3.63, 3.8) is 0 Å². The van der Waals surface area contributed by atoms with Gasteiger partial charge in [0.05, 0.1) is 16.9 Å². The van der Waals surface area contributed by atoms with Crippen molar-refractivity contribution in [2.45, 2.75) is 0 Å². The van der Waals surface area contributed by atoms with Crippen LogP contribution in [0.25, 0.3) is 10.4 Å². The normalized spacial score (nSPS) is 10.1. The minimum Gasteiger partial charge on any atom is -0.473 e. The third kappa shape index (κ3) is 2.01. The molecule has 0 saturated carbocycles. The van der Waals surface area contributed by atoms with Crippen molar-refractivity contribution in [2.75, 3.05) is 7.11 Å². The van der Waals surface area contributed by atoms with Crippen LogP contribution < -0.4 is 4.74 Å². The Labute approximate surface area is 95.5 Å². The number of nitro benzene ring substituents is 1. The number of hydrogen-bond acceptors (Lipinski definition) is 5. The van der Waals surface area contributed by atoms with Gasteiger partial charge in [-0.2, -0.15) is 0 Å². The van der Waals surface area contributed by atoms with E-state index in [-0.39, 0.29) is 5.69 Å². The first-order valence-corrected chi connectivity index (χ1v) is 5.27. The zero-order valence-electron chi connectivity index (χ0n) is 8.41. The summed E-state index contributed by atoms with van der Waals surface area (Å²) in [5.41, 5.74) is 0.847. The SMILES string of the molecule is COc1ncc(-c2cccc([N+](=O)[O-])c2)s1. The zero-order chi connectivity index (χ0) is 11.5. The molecule has 0 atom stereocenters. The molecule has 0 spiro atoms. The van der Waals surface area contributed by atoms with Gasteiger partial charge < -0.3 is 4.74 Å². The van der Waals surface area contributed by atoms with Crippen molar-refractivity contribution in [3.05, 3.63) is 40.6 Å². The van der Waals surface area contributed by atoms with Gasteiger partial charge in [0.1, 0.15) is 0 Å². The van der Waals surface area contributed by atoms with Crippen LogP contribution in [0, 0.1) is 10.1 Å². The van der Waals surface area contributed by atoms with Crippen molar-refractivity contribution < 1.29 is 9.66 Å². The highest BCUT2D eigenvalue weighted by atomic mass is 32.1. The van der Waals surface area contributed by atoms with Crippen molar-refractivity contribution in [2.24, 2.45) is 0 Å².